The lowest BCUT2D eigenvalue weighted by Gasteiger charge is -2.37. The van der Waals surface area contributed by atoms with Gasteiger partial charge >= 0.3 is 0 Å². The van der Waals surface area contributed by atoms with E-state index in [1.165, 1.54) is 0 Å². The number of guanidine groups is 1. The smallest absolute Gasteiger partial charge is 0.191 e. The highest BCUT2D eigenvalue weighted by Crippen LogP contribution is 2.17. The average molecular weight is 340 g/mol. The van der Waals surface area contributed by atoms with Crippen LogP contribution in [0.3, 0.4) is 0 Å². The van der Waals surface area contributed by atoms with Crippen molar-refractivity contribution in [1.82, 2.24) is 25.4 Å². The van der Waals surface area contributed by atoms with Gasteiger partial charge in [-0.25, -0.2) is 4.98 Å². The molecule has 1 aliphatic rings. The maximum Gasteiger partial charge on any atom is 0.191 e. The first-order valence-corrected chi connectivity index (χ1v) is 8.82. The Kier molecular flexibility index (Phi) is 6.61. The first kappa shape index (κ1) is 18.0. The van der Waals surface area contributed by atoms with Crippen LogP contribution in [0.5, 0.6) is 0 Å². The predicted octanol–water partition coefficient (Wildman–Crippen LogP) is 0.120. The van der Waals surface area contributed by atoms with Gasteiger partial charge in [0.05, 0.1) is 12.2 Å². The van der Waals surface area contributed by atoms with Gasteiger partial charge in [0, 0.05) is 58.7 Å². The second-order valence-electron chi connectivity index (χ2n) is 6.22. The van der Waals surface area contributed by atoms with Gasteiger partial charge in [0.1, 0.15) is 0 Å². The molecular formula is C15H29N7S. The van der Waals surface area contributed by atoms with E-state index in [0.717, 1.165) is 43.0 Å². The minimum atomic E-state index is 0.506. The number of anilines is 1. The molecule has 0 aromatic carbocycles. The van der Waals surface area contributed by atoms with Gasteiger partial charge in [-0.05, 0) is 14.1 Å². The first-order valence-electron chi connectivity index (χ1n) is 7.94. The lowest BCUT2D eigenvalue weighted by molar-refractivity contribution is 0.116. The number of hydrogen-bond acceptors (Lipinski definition) is 6. The number of aliphatic imine (C=N–C) groups is 1. The van der Waals surface area contributed by atoms with Crippen LogP contribution in [0, 0.1) is 0 Å². The van der Waals surface area contributed by atoms with E-state index in [9.17, 15) is 0 Å². The molecule has 2 rings (SSSR count). The van der Waals surface area contributed by atoms with E-state index in [1.54, 1.807) is 18.4 Å². The number of rotatable bonds is 5. The molecular weight excluding hydrogens is 310 g/mol. The molecule has 1 unspecified atom stereocenters. The highest BCUT2D eigenvalue weighted by Gasteiger charge is 2.22. The van der Waals surface area contributed by atoms with Gasteiger partial charge < -0.3 is 20.4 Å². The lowest BCUT2D eigenvalue weighted by atomic mass is 10.2. The SMILES string of the molecule is CN=C(NCc1csc(N(C)C)n1)NCC1CN(C)CCN1C. The van der Waals surface area contributed by atoms with Crippen molar-refractivity contribution >= 4 is 22.4 Å². The Hall–Kier alpha value is -1.38. The summed E-state index contributed by atoms with van der Waals surface area (Å²) in [4.78, 5) is 15.7. The van der Waals surface area contributed by atoms with Crippen LogP contribution in [0.15, 0.2) is 10.4 Å². The van der Waals surface area contributed by atoms with E-state index in [2.05, 4.69) is 49.9 Å². The Balaban J connectivity index is 1.78. The first-order chi connectivity index (χ1) is 11.0. The molecule has 1 aliphatic heterocycles. The number of nitrogens with zero attached hydrogens (tertiary/aromatic N) is 5. The molecule has 8 heteroatoms. The van der Waals surface area contributed by atoms with E-state index in [1.807, 2.05) is 19.0 Å². The summed E-state index contributed by atoms with van der Waals surface area (Å²) < 4.78 is 0. The minimum Gasteiger partial charge on any atom is -0.355 e. The number of aromatic nitrogens is 1. The monoisotopic (exact) mass is 339 g/mol. The third-order valence-corrected chi connectivity index (χ3v) is 5.13. The zero-order valence-corrected chi connectivity index (χ0v) is 15.7. The molecule has 1 fully saturated rings. The summed E-state index contributed by atoms with van der Waals surface area (Å²) in [6, 6.07) is 0.506. The zero-order valence-electron chi connectivity index (χ0n) is 14.8. The Morgan fingerprint density at radius 3 is 2.83 bits per heavy atom. The molecule has 0 spiro atoms. The number of piperazine rings is 1. The third kappa shape index (κ3) is 5.33. The molecule has 2 heterocycles. The molecule has 1 aromatic rings. The maximum absolute atomic E-state index is 4.57. The molecule has 0 aliphatic carbocycles. The van der Waals surface area contributed by atoms with Gasteiger partial charge in [-0.3, -0.25) is 9.89 Å². The standard InChI is InChI=1S/C15H29N7S/c1-16-14(17-8-12-11-23-15(19-12)20(2)3)18-9-13-10-21(4)6-7-22(13)5/h11,13H,6-10H2,1-5H3,(H2,16,17,18). The van der Waals surface area contributed by atoms with Crippen LogP contribution >= 0.6 is 11.3 Å². The fourth-order valence-electron chi connectivity index (χ4n) is 2.51. The molecule has 130 valence electrons. The summed E-state index contributed by atoms with van der Waals surface area (Å²) in [7, 11) is 10.2. The molecule has 0 bridgehead atoms. The van der Waals surface area contributed by atoms with Crippen LogP contribution in [-0.4, -0.2) is 88.2 Å². The molecule has 0 radical (unpaired) electrons. The molecule has 23 heavy (non-hydrogen) atoms. The van der Waals surface area contributed by atoms with Crippen molar-refractivity contribution in [1.29, 1.82) is 0 Å². The van der Waals surface area contributed by atoms with Gasteiger partial charge in [0.15, 0.2) is 11.1 Å². The highest BCUT2D eigenvalue weighted by atomic mass is 32.1. The second kappa shape index (κ2) is 8.47. The molecule has 1 atom stereocenters. The van der Waals surface area contributed by atoms with Crippen molar-refractivity contribution in [2.45, 2.75) is 12.6 Å². The predicted molar refractivity (Wildman–Crippen MR) is 98.6 cm³/mol. The lowest BCUT2D eigenvalue weighted by Crippen LogP contribution is -2.55. The summed E-state index contributed by atoms with van der Waals surface area (Å²) in [5, 5.41) is 9.87. The van der Waals surface area contributed by atoms with Gasteiger partial charge in [0.2, 0.25) is 0 Å². The van der Waals surface area contributed by atoms with Crippen molar-refractivity contribution in [3.8, 4) is 0 Å². The summed E-state index contributed by atoms with van der Waals surface area (Å²) in [6.07, 6.45) is 0. The summed E-state index contributed by atoms with van der Waals surface area (Å²) in [5.41, 5.74) is 1.04. The van der Waals surface area contributed by atoms with Gasteiger partial charge in [-0.15, -0.1) is 11.3 Å². The van der Waals surface area contributed by atoms with Crippen LogP contribution in [0.2, 0.25) is 0 Å². The minimum absolute atomic E-state index is 0.506. The summed E-state index contributed by atoms with van der Waals surface area (Å²) in [6.45, 7) is 4.91. The van der Waals surface area contributed by atoms with E-state index in [0.29, 0.717) is 12.6 Å². The molecule has 1 saturated heterocycles. The fourth-order valence-corrected chi connectivity index (χ4v) is 3.27. The van der Waals surface area contributed by atoms with Crippen LogP contribution in [0.25, 0.3) is 0 Å². The Labute approximate surface area is 143 Å². The summed E-state index contributed by atoms with van der Waals surface area (Å²) >= 11 is 1.66. The van der Waals surface area contributed by atoms with E-state index < -0.39 is 0 Å². The number of hydrogen-bond donors (Lipinski definition) is 2. The summed E-state index contributed by atoms with van der Waals surface area (Å²) in [5.74, 6) is 0.825. The second-order valence-corrected chi connectivity index (χ2v) is 7.06. The molecule has 7 nitrogen and oxygen atoms in total. The third-order valence-electron chi connectivity index (χ3n) is 4.07. The number of nitrogens with one attached hydrogen (secondary N) is 2. The van der Waals surface area contributed by atoms with Crippen molar-refractivity contribution in [2.24, 2.45) is 4.99 Å². The Morgan fingerprint density at radius 2 is 2.17 bits per heavy atom. The maximum atomic E-state index is 4.57. The fraction of sp³-hybridized carbons (Fsp3) is 0.733. The molecule has 1 aromatic heterocycles. The van der Waals surface area contributed by atoms with Gasteiger partial charge in [0.25, 0.3) is 0 Å². The topological polar surface area (TPSA) is 59.0 Å². The highest BCUT2D eigenvalue weighted by molar-refractivity contribution is 7.13. The quantitative estimate of drug-likeness (QED) is 0.587. The molecule has 0 saturated carbocycles. The Bertz CT molecular complexity index is 514. The van der Waals surface area contributed by atoms with Gasteiger partial charge in [-0.2, -0.15) is 0 Å². The van der Waals surface area contributed by atoms with Crippen LogP contribution in [0.1, 0.15) is 5.69 Å². The molecule has 2 N–H and O–H groups in total. The Morgan fingerprint density at radius 1 is 1.39 bits per heavy atom. The van der Waals surface area contributed by atoms with Gasteiger partial charge in [-0.1, -0.05) is 0 Å². The van der Waals surface area contributed by atoms with Crippen molar-refractivity contribution in [3.63, 3.8) is 0 Å². The van der Waals surface area contributed by atoms with E-state index >= 15 is 0 Å². The van der Waals surface area contributed by atoms with Crippen LogP contribution in [0.4, 0.5) is 5.13 Å². The normalized spacial score (nSPS) is 20.6. The van der Waals surface area contributed by atoms with Crippen LogP contribution in [-0.2, 0) is 6.54 Å². The van der Waals surface area contributed by atoms with E-state index in [4.69, 9.17) is 0 Å². The van der Waals surface area contributed by atoms with E-state index in [-0.39, 0.29) is 0 Å². The number of likely N-dealkylation sites (N-methyl/N-ethyl adjacent to an activating group) is 2. The van der Waals surface area contributed by atoms with Crippen LogP contribution < -0.4 is 15.5 Å². The van der Waals surface area contributed by atoms with Crippen molar-refractivity contribution in [3.05, 3.63) is 11.1 Å². The average Bonchev–Trinajstić information content (AvgIpc) is 3.00. The zero-order chi connectivity index (χ0) is 16.8. The molecule has 0 amide bonds. The van der Waals surface area contributed by atoms with Crippen molar-refractivity contribution < 1.29 is 0 Å². The van der Waals surface area contributed by atoms with Crippen molar-refractivity contribution in [2.75, 3.05) is 66.3 Å². The largest absolute Gasteiger partial charge is 0.355 e. The number of thiazole rings is 1.